The minimum atomic E-state index is -1.56. The van der Waals surface area contributed by atoms with Crippen LogP contribution in [0.15, 0.2) is 18.2 Å². The molecule has 0 bridgehead atoms. The number of benzene rings is 1. The second kappa shape index (κ2) is 16.9. The average Bonchev–Trinajstić information content (AvgIpc) is 2.67. The standard InChI is InChI=1S/C17H23Cl5F2N4O.ClH/c18-4-12(15(20)23)8-27-25-6-10-2-1-3-11(14(10)17(22)29)7-26-28-9-13(5-19)16(21)24;/h1-3,12-13,15-16,25-28H,4-9H2;1H. The lowest BCUT2D eigenvalue weighted by atomic mass is 10.0. The van der Waals surface area contributed by atoms with E-state index in [0.29, 0.717) is 16.7 Å². The fourth-order valence-corrected chi connectivity index (χ4v) is 3.66. The number of alkyl halides is 6. The van der Waals surface area contributed by atoms with Crippen LogP contribution in [0.4, 0.5) is 8.78 Å². The third-order valence-electron chi connectivity index (χ3n) is 4.08. The zero-order valence-corrected chi connectivity index (χ0v) is 20.3. The summed E-state index contributed by atoms with van der Waals surface area (Å²) in [7, 11) is 0. The summed E-state index contributed by atoms with van der Waals surface area (Å²) in [5.41, 5.74) is 9.95. The summed E-state index contributed by atoms with van der Waals surface area (Å²) in [6, 6.07) is 5.25. The molecule has 0 spiro atoms. The van der Waals surface area contributed by atoms with Crippen LogP contribution >= 0.6 is 70.4 Å². The molecule has 0 aromatic heterocycles. The van der Waals surface area contributed by atoms with Gasteiger partial charge in [-0.3, -0.25) is 26.5 Å². The number of hydrogen-bond acceptors (Lipinski definition) is 5. The van der Waals surface area contributed by atoms with Gasteiger partial charge in [-0.05, 0) is 22.7 Å². The normalized spacial score (nSPS) is 15.2. The third kappa shape index (κ3) is 10.8. The Morgan fingerprint density at radius 1 is 0.867 bits per heavy atom. The summed E-state index contributed by atoms with van der Waals surface area (Å²) in [5.74, 6) is -0.988. The first-order valence-corrected chi connectivity index (χ1v) is 11.0. The number of halogens is 8. The highest BCUT2D eigenvalue weighted by atomic mass is 35.5. The predicted molar refractivity (Wildman–Crippen MR) is 123 cm³/mol. The molecule has 0 saturated carbocycles. The molecule has 1 rings (SSSR count). The predicted octanol–water partition coefficient (Wildman–Crippen LogP) is 4.45. The summed E-state index contributed by atoms with van der Waals surface area (Å²) in [6.45, 7) is 0.934. The van der Waals surface area contributed by atoms with Crippen molar-refractivity contribution >= 4 is 75.7 Å². The summed E-state index contributed by atoms with van der Waals surface area (Å²) < 4.78 is 26.2. The van der Waals surface area contributed by atoms with Crippen molar-refractivity contribution in [3.05, 3.63) is 34.9 Å². The topological polar surface area (TPSA) is 65.2 Å². The van der Waals surface area contributed by atoms with Gasteiger partial charge < -0.3 is 0 Å². The van der Waals surface area contributed by atoms with E-state index in [2.05, 4.69) is 21.7 Å². The van der Waals surface area contributed by atoms with Crippen molar-refractivity contribution < 1.29 is 13.6 Å². The van der Waals surface area contributed by atoms with Crippen molar-refractivity contribution in [2.24, 2.45) is 11.8 Å². The molecule has 0 aliphatic carbocycles. The van der Waals surface area contributed by atoms with Gasteiger partial charge in [-0.25, -0.2) is 8.78 Å². The number of rotatable bonds is 15. The van der Waals surface area contributed by atoms with Gasteiger partial charge in [-0.2, -0.15) is 0 Å². The van der Waals surface area contributed by atoms with E-state index in [1.54, 1.807) is 18.2 Å². The maximum absolute atomic E-state index is 13.1. The van der Waals surface area contributed by atoms with E-state index in [9.17, 15) is 13.6 Å². The fraction of sp³-hybridized carbons (Fsp3) is 0.588. The Morgan fingerprint density at radius 3 is 1.57 bits per heavy atom. The molecule has 0 aliphatic rings. The average molecular weight is 551 g/mol. The van der Waals surface area contributed by atoms with Gasteiger partial charge in [-0.1, -0.05) is 41.4 Å². The second-order valence-electron chi connectivity index (χ2n) is 6.19. The third-order valence-corrected chi connectivity index (χ3v) is 5.77. The quantitative estimate of drug-likeness (QED) is 0.112. The number of hydrogen-bond donors (Lipinski definition) is 4. The molecule has 0 radical (unpaired) electrons. The lowest BCUT2D eigenvalue weighted by Crippen LogP contribution is -2.39. The van der Waals surface area contributed by atoms with Crippen LogP contribution in [-0.4, -0.2) is 41.4 Å². The Morgan fingerprint density at radius 2 is 1.27 bits per heavy atom. The molecule has 0 heterocycles. The van der Waals surface area contributed by atoms with Crippen LogP contribution in [-0.2, 0) is 13.1 Å². The Balaban J connectivity index is 0.00000841. The summed E-state index contributed by atoms with van der Waals surface area (Å²) in [6.07, 6.45) is 0. The molecule has 5 nitrogen and oxygen atoms in total. The molecule has 0 amide bonds. The molecule has 174 valence electrons. The molecule has 4 atom stereocenters. The molecule has 1 aromatic carbocycles. The first-order chi connectivity index (χ1) is 13.8. The Labute approximate surface area is 206 Å². The Hall–Kier alpha value is 0.330. The first kappa shape index (κ1) is 30.3. The van der Waals surface area contributed by atoms with E-state index < -0.39 is 28.3 Å². The lowest BCUT2D eigenvalue weighted by Gasteiger charge is -2.18. The number of carbonyl (C=O) groups is 1. The zero-order valence-electron chi connectivity index (χ0n) is 15.7. The lowest BCUT2D eigenvalue weighted by molar-refractivity contribution is 0.107. The van der Waals surface area contributed by atoms with Crippen molar-refractivity contribution in [2.75, 3.05) is 24.8 Å². The van der Waals surface area contributed by atoms with Gasteiger partial charge in [0.25, 0.3) is 5.24 Å². The molecular weight excluding hydrogens is 527 g/mol. The largest absolute Gasteiger partial charge is 0.276 e. The van der Waals surface area contributed by atoms with E-state index in [-0.39, 0.29) is 50.3 Å². The van der Waals surface area contributed by atoms with E-state index in [1.165, 1.54) is 0 Å². The van der Waals surface area contributed by atoms with E-state index in [4.69, 9.17) is 58.0 Å². The molecule has 0 saturated heterocycles. The maximum atomic E-state index is 13.1. The molecule has 0 fully saturated rings. The number of hydrazine groups is 2. The minimum Gasteiger partial charge on any atom is -0.276 e. The van der Waals surface area contributed by atoms with Gasteiger partial charge in [-0.15, -0.1) is 35.6 Å². The van der Waals surface area contributed by atoms with Crippen LogP contribution in [0, 0.1) is 11.8 Å². The van der Waals surface area contributed by atoms with Crippen molar-refractivity contribution in [3.63, 3.8) is 0 Å². The molecule has 30 heavy (non-hydrogen) atoms. The van der Waals surface area contributed by atoms with Crippen LogP contribution in [0.2, 0.25) is 0 Å². The van der Waals surface area contributed by atoms with Gasteiger partial charge >= 0.3 is 0 Å². The van der Waals surface area contributed by atoms with E-state index in [0.717, 1.165) is 0 Å². The van der Waals surface area contributed by atoms with Crippen molar-refractivity contribution in [2.45, 2.75) is 24.4 Å². The van der Waals surface area contributed by atoms with Gasteiger partial charge in [0.1, 0.15) is 0 Å². The summed E-state index contributed by atoms with van der Waals surface area (Å²) >= 11 is 27.9. The molecule has 1 aromatic rings. The highest BCUT2D eigenvalue weighted by Gasteiger charge is 2.19. The van der Waals surface area contributed by atoms with E-state index >= 15 is 0 Å². The smallest absolute Gasteiger partial charge is 0.253 e. The van der Waals surface area contributed by atoms with Crippen LogP contribution in [0.5, 0.6) is 0 Å². The van der Waals surface area contributed by atoms with Gasteiger partial charge in [0.05, 0.1) is 0 Å². The van der Waals surface area contributed by atoms with Crippen molar-refractivity contribution in [1.29, 1.82) is 0 Å². The molecular formula is C17H24Cl6F2N4O. The Kier molecular flexibility index (Phi) is 17.1. The molecule has 4 unspecified atom stereocenters. The minimum absolute atomic E-state index is 0. The molecule has 13 heteroatoms. The van der Waals surface area contributed by atoms with Gasteiger partial charge in [0, 0.05) is 55.3 Å². The second-order valence-corrected chi connectivity index (χ2v) is 7.99. The zero-order chi connectivity index (χ0) is 21.8. The van der Waals surface area contributed by atoms with Crippen LogP contribution in [0.25, 0.3) is 0 Å². The van der Waals surface area contributed by atoms with Crippen LogP contribution in [0.3, 0.4) is 0 Å². The van der Waals surface area contributed by atoms with Crippen molar-refractivity contribution in [1.82, 2.24) is 21.7 Å². The van der Waals surface area contributed by atoms with Gasteiger partial charge in [0.2, 0.25) is 0 Å². The maximum Gasteiger partial charge on any atom is 0.253 e. The Bertz CT molecular complexity index is 588. The number of nitrogens with one attached hydrogen (secondary N) is 4. The molecule has 4 N–H and O–H groups in total. The van der Waals surface area contributed by atoms with Crippen LogP contribution < -0.4 is 21.7 Å². The van der Waals surface area contributed by atoms with Crippen molar-refractivity contribution in [3.8, 4) is 0 Å². The highest BCUT2D eigenvalue weighted by molar-refractivity contribution is 6.68. The first-order valence-electron chi connectivity index (χ1n) is 8.72. The number of carbonyl (C=O) groups excluding carboxylic acids is 1. The van der Waals surface area contributed by atoms with Gasteiger partial charge in [0.15, 0.2) is 11.3 Å². The monoisotopic (exact) mass is 548 g/mol. The highest BCUT2D eigenvalue weighted by Crippen LogP contribution is 2.18. The SMILES string of the molecule is Cl.O=C(Cl)c1c(CNNCC(CCl)C(F)Cl)cccc1CNNCC(CCl)C(F)Cl. The summed E-state index contributed by atoms with van der Waals surface area (Å²) in [5, 5.41) is -0.620. The van der Waals surface area contributed by atoms with Crippen LogP contribution in [0.1, 0.15) is 21.5 Å². The molecule has 0 aliphatic heterocycles. The van der Waals surface area contributed by atoms with E-state index in [1.807, 2.05) is 0 Å². The summed E-state index contributed by atoms with van der Waals surface area (Å²) in [4.78, 5) is 11.9. The fourth-order valence-electron chi connectivity index (χ4n) is 2.34.